The molecule has 4 aliphatic rings. The van der Waals surface area contributed by atoms with Crippen molar-refractivity contribution in [1.82, 2.24) is 30.2 Å². The Morgan fingerprint density at radius 3 is 2.72 bits per heavy atom. The number of hydrogen-bond acceptors (Lipinski definition) is 10. The Morgan fingerprint density at radius 1 is 1.12 bits per heavy atom. The van der Waals surface area contributed by atoms with Gasteiger partial charge in [0.25, 0.3) is 6.43 Å². The molecular formula is C29H30F4N8OS. The first-order chi connectivity index (χ1) is 20.8. The van der Waals surface area contributed by atoms with Gasteiger partial charge in [0, 0.05) is 49.9 Å². The molecule has 0 radical (unpaired) electrons. The van der Waals surface area contributed by atoms with Crippen LogP contribution in [0.3, 0.4) is 0 Å². The standard InChI is InChI=1S/C29H30F4N8OS/c30-14-8-29(6-1-7-41(29)10-14)13-42-28-38-22-18(26(39-28)40-11-15-2-3-16(12-40)36-15)9-35-21(20(22)25(32)33)17-4-5-19(31)24-23(17)37-27(34)43-24/h4-5,9,14-16,25,36H,1-3,6-8,10-13H2,(H2,34,37)/t14-,15?,16?,29+/m0/s1. The van der Waals surface area contributed by atoms with Crippen molar-refractivity contribution in [2.75, 3.05) is 43.4 Å². The van der Waals surface area contributed by atoms with Gasteiger partial charge < -0.3 is 20.7 Å². The van der Waals surface area contributed by atoms with Crippen LogP contribution in [0.1, 0.15) is 44.1 Å². The van der Waals surface area contributed by atoms with Crippen LogP contribution in [0.2, 0.25) is 0 Å². The summed E-state index contributed by atoms with van der Waals surface area (Å²) in [6.07, 6.45) is 1.76. The fourth-order valence-electron chi connectivity index (χ4n) is 7.60. The van der Waals surface area contributed by atoms with E-state index in [0.717, 1.165) is 43.6 Å². The number of fused-ring (bicyclic) bond motifs is 5. The Balaban J connectivity index is 1.28. The van der Waals surface area contributed by atoms with Crippen LogP contribution in [0, 0.1) is 5.82 Å². The Hall–Kier alpha value is -3.36. The molecule has 0 amide bonds. The molecule has 3 aromatic heterocycles. The lowest BCUT2D eigenvalue weighted by atomic mass is 9.95. The molecule has 4 aliphatic heterocycles. The highest BCUT2D eigenvalue weighted by molar-refractivity contribution is 7.22. The number of rotatable bonds is 6. The van der Waals surface area contributed by atoms with E-state index in [-0.39, 0.29) is 56.8 Å². The van der Waals surface area contributed by atoms with Crippen molar-refractivity contribution in [3.05, 3.63) is 29.7 Å². The fourth-order valence-corrected chi connectivity index (χ4v) is 8.36. The summed E-state index contributed by atoms with van der Waals surface area (Å²) in [5.74, 6) is -0.0548. The predicted molar refractivity (Wildman–Crippen MR) is 156 cm³/mol. The van der Waals surface area contributed by atoms with Gasteiger partial charge in [0.1, 0.15) is 24.4 Å². The summed E-state index contributed by atoms with van der Waals surface area (Å²) in [5.41, 5.74) is 5.39. The Bertz CT molecular complexity index is 1730. The van der Waals surface area contributed by atoms with E-state index in [9.17, 15) is 8.78 Å². The number of thiazole rings is 1. The van der Waals surface area contributed by atoms with E-state index in [1.165, 1.54) is 18.3 Å². The number of nitrogens with one attached hydrogen (secondary N) is 1. The second-order valence-corrected chi connectivity index (χ2v) is 13.2. The van der Waals surface area contributed by atoms with Crippen molar-refractivity contribution in [2.45, 2.75) is 62.3 Å². The summed E-state index contributed by atoms with van der Waals surface area (Å²) in [5, 5.41) is 4.09. The number of hydrogen-bond donors (Lipinski definition) is 2. The molecule has 9 nitrogen and oxygen atoms in total. The largest absolute Gasteiger partial charge is 0.461 e. The van der Waals surface area contributed by atoms with Crippen molar-refractivity contribution < 1.29 is 22.3 Å². The molecule has 2 bridgehead atoms. The summed E-state index contributed by atoms with van der Waals surface area (Å²) in [4.78, 5) is 22.3. The highest BCUT2D eigenvalue weighted by Crippen LogP contribution is 2.43. The number of pyridine rings is 1. The minimum Gasteiger partial charge on any atom is -0.461 e. The zero-order chi connectivity index (χ0) is 29.5. The van der Waals surface area contributed by atoms with Crippen LogP contribution in [-0.4, -0.2) is 81.4 Å². The topological polar surface area (TPSA) is 105 Å². The Labute approximate surface area is 248 Å². The predicted octanol–water partition coefficient (Wildman–Crippen LogP) is 4.86. The minimum atomic E-state index is -2.97. The summed E-state index contributed by atoms with van der Waals surface area (Å²) in [6, 6.07) is 3.11. The molecule has 0 aliphatic carbocycles. The fraction of sp³-hybridized carbons (Fsp3) is 0.517. The van der Waals surface area contributed by atoms with Gasteiger partial charge in [-0.05, 0) is 44.4 Å². The first kappa shape index (κ1) is 27.2. The van der Waals surface area contributed by atoms with Crippen LogP contribution in [0.25, 0.3) is 32.4 Å². The van der Waals surface area contributed by atoms with Gasteiger partial charge >= 0.3 is 6.01 Å². The highest BCUT2D eigenvalue weighted by atomic mass is 32.1. The van der Waals surface area contributed by atoms with Crippen molar-refractivity contribution in [2.24, 2.45) is 0 Å². The van der Waals surface area contributed by atoms with E-state index in [2.05, 4.69) is 30.1 Å². The van der Waals surface area contributed by atoms with Gasteiger partial charge in [0.15, 0.2) is 5.13 Å². The van der Waals surface area contributed by atoms with Crippen LogP contribution >= 0.6 is 11.3 Å². The van der Waals surface area contributed by atoms with Crippen molar-refractivity contribution >= 4 is 43.4 Å². The maximum atomic E-state index is 15.1. The van der Waals surface area contributed by atoms with Crippen LogP contribution in [-0.2, 0) is 0 Å². The lowest BCUT2D eigenvalue weighted by molar-refractivity contribution is 0.107. The van der Waals surface area contributed by atoms with Crippen molar-refractivity contribution in [3.63, 3.8) is 0 Å². The molecule has 43 heavy (non-hydrogen) atoms. The molecular weight excluding hydrogens is 584 g/mol. The molecule has 1 aromatic carbocycles. The lowest BCUT2D eigenvalue weighted by Gasteiger charge is -2.34. The van der Waals surface area contributed by atoms with E-state index < -0.39 is 29.5 Å². The number of alkyl halides is 3. The third-order valence-corrected chi connectivity index (χ3v) is 10.4. The molecule has 4 aromatic rings. The number of nitrogen functional groups attached to an aromatic ring is 1. The summed E-state index contributed by atoms with van der Waals surface area (Å²) in [7, 11) is 0. The van der Waals surface area contributed by atoms with E-state index in [1.807, 2.05) is 0 Å². The average molecular weight is 615 g/mol. The molecule has 4 atom stereocenters. The molecule has 4 fully saturated rings. The quantitative estimate of drug-likeness (QED) is 0.295. The molecule has 14 heteroatoms. The third kappa shape index (κ3) is 4.48. The van der Waals surface area contributed by atoms with Crippen LogP contribution in [0.4, 0.5) is 28.5 Å². The lowest BCUT2D eigenvalue weighted by Crippen LogP contribution is -2.51. The van der Waals surface area contributed by atoms with Gasteiger partial charge in [0.2, 0.25) is 0 Å². The smallest absolute Gasteiger partial charge is 0.319 e. The number of aromatic nitrogens is 4. The van der Waals surface area contributed by atoms with Crippen LogP contribution < -0.4 is 20.7 Å². The van der Waals surface area contributed by atoms with Gasteiger partial charge in [-0.1, -0.05) is 11.3 Å². The summed E-state index contributed by atoms with van der Waals surface area (Å²) in [6.45, 7) is 2.66. The maximum absolute atomic E-state index is 15.1. The molecule has 4 saturated heterocycles. The number of ether oxygens (including phenoxy) is 1. The number of nitrogens with zero attached hydrogens (tertiary/aromatic N) is 6. The SMILES string of the molecule is Nc1nc2c(-c3ncc4c(N5CC6CCC(C5)N6)nc(OC[C@]56CCCN5C[C@@H](F)C6)nc4c3C(F)F)ccc(F)c2s1. The zero-order valence-electron chi connectivity index (χ0n) is 23.2. The van der Waals surface area contributed by atoms with E-state index in [4.69, 9.17) is 15.5 Å². The van der Waals surface area contributed by atoms with Crippen LogP contribution in [0.15, 0.2) is 18.3 Å². The van der Waals surface area contributed by atoms with Gasteiger partial charge in [-0.25, -0.2) is 22.5 Å². The number of piperazine rings is 1. The minimum absolute atomic E-state index is 0.0159. The monoisotopic (exact) mass is 614 g/mol. The second-order valence-electron chi connectivity index (χ2n) is 12.1. The Kier molecular flexibility index (Phi) is 6.39. The molecule has 7 heterocycles. The van der Waals surface area contributed by atoms with E-state index in [1.54, 1.807) is 0 Å². The van der Waals surface area contributed by atoms with Crippen molar-refractivity contribution in [1.29, 1.82) is 0 Å². The summed E-state index contributed by atoms with van der Waals surface area (Å²) < 4.78 is 65.6. The van der Waals surface area contributed by atoms with Gasteiger partial charge in [-0.15, -0.1) is 0 Å². The van der Waals surface area contributed by atoms with Gasteiger partial charge in [-0.2, -0.15) is 9.97 Å². The Morgan fingerprint density at radius 2 is 1.93 bits per heavy atom. The maximum Gasteiger partial charge on any atom is 0.319 e. The van der Waals surface area contributed by atoms with E-state index in [0.29, 0.717) is 37.3 Å². The van der Waals surface area contributed by atoms with Crippen molar-refractivity contribution in [3.8, 4) is 17.3 Å². The summed E-state index contributed by atoms with van der Waals surface area (Å²) >= 11 is 0.949. The zero-order valence-corrected chi connectivity index (χ0v) is 24.0. The normalized spacial score (nSPS) is 27.2. The van der Waals surface area contributed by atoms with E-state index >= 15 is 8.78 Å². The second kappa shape index (κ2) is 10.1. The van der Waals surface area contributed by atoms with Gasteiger partial charge in [-0.3, -0.25) is 9.88 Å². The van der Waals surface area contributed by atoms with Crippen LogP contribution in [0.5, 0.6) is 6.01 Å². The molecule has 2 unspecified atom stereocenters. The number of benzene rings is 1. The third-order valence-electron chi connectivity index (χ3n) is 9.47. The first-order valence-corrected chi connectivity index (χ1v) is 15.5. The molecule has 0 saturated carbocycles. The molecule has 226 valence electrons. The highest BCUT2D eigenvalue weighted by Gasteiger charge is 2.49. The average Bonchev–Trinajstić information content (AvgIpc) is 3.72. The number of nitrogens with two attached hydrogens (primary N) is 1. The number of halogens is 4. The molecule has 3 N–H and O–H groups in total. The molecule has 0 spiro atoms. The number of anilines is 2. The van der Waals surface area contributed by atoms with Gasteiger partial charge in [0.05, 0.1) is 37.9 Å². The first-order valence-electron chi connectivity index (χ1n) is 14.6. The molecule has 8 rings (SSSR count).